The largest absolute Gasteiger partial charge is 0.507 e. The van der Waals surface area contributed by atoms with Crippen LogP contribution in [-0.4, -0.2) is 16.7 Å². The summed E-state index contributed by atoms with van der Waals surface area (Å²) in [6.07, 6.45) is 8.27. The lowest BCUT2D eigenvalue weighted by molar-refractivity contribution is 0.0971. The molecule has 0 amide bonds. The van der Waals surface area contributed by atoms with E-state index >= 15 is 0 Å². The molecule has 2 aromatic rings. The SMILES string of the molecule is CC(C)CCC[C@@H](C)[C@H]1CC[C@H]2c3ccc4c(c3CC[C@]12C)C(=O)c1cccc(O)c1C4=O. The topological polar surface area (TPSA) is 54.4 Å². The molecular weight excluding hydrogens is 408 g/mol. The van der Waals surface area contributed by atoms with Crippen LogP contribution in [-0.2, 0) is 6.42 Å². The highest BCUT2D eigenvalue weighted by Gasteiger charge is 2.51. The molecule has 5 rings (SSSR count). The van der Waals surface area contributed by atoms with Crippen molar-refractivity contribution in [3.8, 4) is 5.75 Å². The molecule has 0 heterocycles. The van der Waals surface area contributed by atoms with Crippen LogP contribution < -0.4 is 0 Å². The normalized spacial score (nSPS) is 26.6. The zero-order valence-corrected chi connectivity index (χ0v) is 20.4. The van der Waals surface area contributed by atoms with Crippen LogP contribution in [0.5, 0.6) is 5.75 Å². The van der Waals surface area contributed by atoms with Gasteiger partial charge in [0, 0.05) is 16.7 Å². The van der Waals surface area contributed by atoms with Crippen molar-refractivity contribution in [3.05, 3.63) is 63.7 Å². The van der Waals surface area contributed by atoms with Crippen molar-refractivity contribution < 1.29 is 14.7 Å². The molecule has 3 heteroatoms. The summed E-state index contributed by atoms with van der Waals surface area (Å²) in [6.45, 7) is 9.55. The van der Waals surface area contributed by atoms with Gasteiger partial charge in [-0.3, -0.25) is 9.59 Å². The Kier molecular flexibility index (Phi) is 5.50. The Morgan fingerprint density at radius 2 is 1.70 bits per heavy atom. The number of carbonyl (C=O) groups is 2. The van der Waals surface area contributed by atoms with E-state index in [0.29, 0.717) is 28.5 Å². The van der Waals surface area contributed by atoms with Crippen molar-refractivity contribution in [1.29, 1.82) is 0 Å². The number of carbonyl (C=O) groups excluding carboxylic acids is 2. The van der Waals surface area contributed by atoms with Crippen LogP contribution in [0, 0.1) is 23.2 Å². The van der Waals surface area contributed by atoms with E-state index in [-0.39, 0.29) is 28.3 Å². The molecule has 1 saturated carbocycles. The average molecular weight is 445 g/mol. The van der Waals surface area contributed by atoms with E-state index in [1.54, 1.807) is 12.1 Å². The minimum absolute atomic E-state index is 0.104. The van der Waals surface area contributed by atoms with Crippen molar-refractivity contribution in [3.63, 3.8) is 0 Å². The Labute approximate surface area is 197 Å². The molecule has 3 aliphatic carbocycles. The number of hydrogen-bond donors (Lipinski definition) is 1. The fourth-order valence-corrected chi connectivity index (χ4v) is 7.46. The lowest BCUT2D eigenvalue weighted by Crippen LogP contribution is -2.36. The van der Waals surface area contributed by atoms with Gasteiger partial charge in [0.05, 0.1) is 5.56 Å². The molecule has 4 atom stereocenters. The highest BCUT2D eigenvalue weighted by atomic mass is 16.3. The maximum Gasteiger partial charge on any atom is 0.198 e. The average Bonchev–Trinajstić information content (AvgIpc) is 3.13. The van der Waals surface area contributed by atoms with Gasteiger partial charge in [-0.25, -0.2) is 0 Å². The number of aromatic hydroxyl groups is 1. The maximum atomic E-state index is 13.5. The van der Waals surface area contributed by atoms with Gasteiger partial charge in [0.25, 0.3) is 0 Å². The molecule has 0 spiro atoms. The minimum atomic E-state index is -0.225. The third-order valence-electron chi connectivity index (χ3n) is 9.16. The number of ketones is 2. The summed E-state index contributed by atoms with van der Waals surface area (Å²) in [4.78, 5) is 26.8. The predicted octanol–water partition coefficient (Wildman–Crippen LogP) is 7.08. The molecular formula is C30H36O3. The number of fused-ring (bicyclic) bond motifs is 6. The second-order valence-corrected chi connectivity index (χ2v) is 11.5. The van der Waals surface area contributed by atoms with Crippen LogP contribution in [0.3, 0.4) is 0 Å². The number of hydrogen-bond acceptors (Lipinski definition) is 3. The van der Waals surface area contributed by atoms with Gasteiger partial charge in [-0.1, -0.05) is 65.2 Å². The molecule has 3 nitrogen and oxygen atoms in total. The molecule has 2 aromatic carbocycles. The molecule has 0 bridgehead atoms. The summed E-state index contributed by atoms with van der Waals surface area (Å²) in [5.41, 5.74) is 4.22. The van der Waals surface area contributed by atoms with E-state index < -0.39 is 0 Å². The molecule has 33 heavy (non-hydrogen) atoms. The van der Waals surface area contributed by atoms with Gasteiger partial charge in [-0.15, -0.1) is 0 Å². The monoisotopic (exact) mass is 444 g/mol. The smallest absolute Gasteiger partial charge is 0.198 e. The lowest BCUT2D eigenvalue weighted by Gasteiger charge is -2.45. The van der Waals surface area contributed by atoms with Gasteiger partial charge in [0.2, 0.25) is 0 Å². The summed E-state index contributed by atoms with van der Waals surface area (Å²) in [5.74, 6) is 2.22. The van der Waals surface area contributed by atoms with E-state index in [9.17, 15) is 14.7 Å². The van der Waals surface area contributed by atoms with Crippen LogP contribution in [0.2, 0.25) is 0 Å². The zero-order valence-electron chi connectivity index (χ0n) is 20.4. The van der Waals surface area contributed by atoms with Gasteiger partial charge in [-0.05, 0) is 78.0 Å². The molecule has 0 radical (unpaired) electrons. The molecule has 0 unspecified atom stereocenters. The molecule has 1 fully saturated rings. The van der Waals surface area contributed by atoms with Gasteiger partial charge in [-0.2, -0.15) is 0 Å². The Hall–Kier alpha value is -2.42. The number of rotatable bonds is 5. The summed E-state index contributed by atoms with van der Waals surface area (Å²) < 4.78 is 0. The summed E-state index contributed by atoms with van der Waals surface area (Å²) in [6, 6.07) is 8.79. The highest BCUT2D eigenvalue weighted by Crippen LogP contribution is 2.61. The molecule has 0 aromatic heterocycles. The van der Waals surface area contributed by atoms with Crippen LogP contribution >= 0.6 is 0 Å². The summed E-state index contributed by atoms with van der Waals surface area (Å²) in [5, 5.41) is 10.3. The van der Waals surface area contributed by atoms with Gasteiger partial charge < -0.3 is 5.11 Å². The van der Waals surface area contributed by atoms with Crippen LogP contribution in [0.25, 0.3) is 0 Å². The standard InChI is InChI=1S/C30H36O3/c1-17(2)7-5-8-18(3)23-13-14-24-19-11-12-22-26(20(19)15-16-30(23,24)4)28(32)21-9-6-10-25(31)27(21)29(22)33/h6,9-12,17-18,23-24,31H,5,7-8,13-16H2,1-4H3/t18-,23-,24+,30-/m1/s1. The number of phenolic OH excluding ortho intramolecular Hbond substituents is 1. The number of phenols is 1. The first kappa shape index (κ1) is 22.4. The molecule has 0 aliphatic heterocycles. The van der Waals surface area contributed by atoms with Crippen LogP contribution in [0.4, 0.5) is 0 Å². The Morgan fingerprint density at radius 3 is 2.45 bits per heavy atom. The lowest BCUT2D eigenvalue weighted by atomic mass is 9.59. The zero-order chi connectivity index (χ0) is 23.5. The third-order valence-corrected chi connectivity index (χ3v) is 9.16. The molecule has 0 saturated heterocycles. The van der Waals surface area contributed by atoms with E-state index in [2.05, 4.69) is 33.8 Å². The first-order valence-electron chi connectivity index (χ1n) is 12.8. The Bertz CT molecular complexity index is 1130. The minimum Gasteiger partial charge on any atom is -0.507 e. The summed E-state index contributed by atoms with van der Waals surface area (Å²) in [7, 11) is 0. The van der Waals surface area contributed by atoms with E-state index in [4.69, 9.17) is 0 Å². The van der Waals surface area contributed by atoms with E-state index in [1.807, 2.05) is 6.07 Å². The van der Waals surface area contributed by atoms with E-state index in [1.165, 1.54) is 43.7 Å². The van der Waals surface area contributed by atoms with E-state index in [0.717, 1.165) is 30.2 Å². The quantitative estimate of drug-likeness (QED) is 0.457. The predicted molar refractivity (Wildman–Crippen MR) is 131 cm³/mol. The van der Waals surface area contributed by atoms with Gasteiger partial charge in [0.15, 0.2) is 11.6 Å². The molecule has 1 N–H and O–H groups in total. The fourth-order valence-electron chi connectivity index (χ4n) is 7.46. The van der Waals surface area contributed by atoms with Crippen LogP contribution in [0.1, 0.15) is 115 Å². The van der Waals surface area contributed by atoms with Crippen molar-refractivity contribution >= 4 is 11.6 Å². The first-order chi connectivity index (χ1) is 15.7. The van der Waals surface area contributed by atoms with Crippen molar-refractivity contribution in [2.75, 3.05) is 0 Å². The third kappa shape index (κ3) is 3.38. The molecule has 3 aliphatic rings. The summed E-state index contributed by atoms with van der Waals surface area (Å²) >= 11 is 0. The Balaban J connectivity index is 1.49. The first-order valence-corrected chi connectivity index (χ1v) is 12.8. The Morgan fingerprint density at radius 1 is 0.970 bits per heavy atom. The van der Waals surface area contributed by atoms with Crippen molar-refractivity contribution in [1.82, 2.24) is 0 Å². The number of benzene rings is 2. The second kappa shape index (κ2) is 8.11. The highest BCUT2D eigenvalue weighted by molar-refractivity contribution is 6.29. The second-order valence-electron chi connectivity index (χ2n) is 11.5. The van der Waals surface area contributed by atoms with Gasteiger partial charge in [0.1, 0.15) is 5.75 Å². The van der Waals surface area contributed by atoms with Gasteiger partial charge >= 0.3 is 0 Å². The fraction of sp³-hybridized carbons (Fsp3) is 0.533. The van der Waals surface area contributed by atoms with Crippen molar-refractivity contribution in [2.45, 2.75) is 78.6 Å². The molecule has 174 valence electrons. The van der Waals surface area contributed by atoms with Crippen LogP contribution in [0.15, 0.2) is 30.3 Å². The van der Waals surface area contributed by atoms with Crippen molar-refractivity contribution in [2.24, 2.45) is 23.2 Å². The maximum absolute atomic E-state index is 13.5.